The van der Waals surface area contributed by atoms with Crippen molar-refractivity contribution in [1.29, 1.82) is 0 Å². The molecule has 0 fully saturated rings. The fourth-order valence-corrected chi connectivity index (χ4v) is 1.83. The van der Waals surface area contributed by atoms with Crippen LogP contribution >= 0.6 is 34.8 Å². The van der Waals surface area contributed by atoms with Gasteiger partial charge in [0.15, 0.2) is 0 Å². The Morgan fingerprint density at radius 1 is 1.24 bits per heavy atom. The number of amides is 1. The number of benzene rings is 1. The molecule has 4 nitrogen and oxygen atoms in total. The minimum absolute atomic E-state index is 0.0292. The second-order valence-electron chi connectivity index (χ2n) is 5.05. The molecular weight excluding hydrogens is 337 g/mol. The normalized spacial score (nSPS) is 11.1. The molecule has 0 N–H and O–H groups in total. The minimum atomic E-state index is -0.880. The fourth-order valence-electron chi connectivity index (χ4n) is 1.47. The summed E-state index contributed by atoms with van der Waals surface area (Å²) in [6, 6.07) is 6.98. The standard InChI is InChI=1S/C14H16Cl3NO3/c1-14(2,9-16)13(20)18(21-12(19)7-15)8-10-5-3-4-6-11(10)17/h3-6H,7-9H2,1-2H3. The van der Waals surface area contributed by atoms with Crippen LogP contribution in [0.15, 0.2) is 24.3 Å². The van der Waals surface area contributed by atoms with E-state index < -0.39 is 17.3 Å². The Hall–Kier alpha value is -0.970. The number of rotatable bonds is 5. The molecule has 0 heterocycles. The second kappa shape index (κ2) is 7.87. The van der Waals surface area contributed by atoms with E-state index in [4.69, 9.17) is 39.6 Å². The predicted molar refractivity (Wildman–Crippen MR) is 83.3 cm³/mol. The van der Waals surface area contributed by atoms with Gasteiger partial charge in [-0.1, -0.05) is 29.8 Å². The quantitative estimate of drug-likeness (QED) is 0.600. The lowest BCUT2D eigenvalue weighted by atomic mass is 9.95. The van der Waals surface area contributed by atoms with Crippen molar-refractivity contribution in [3.8, 4) is 0 Å². The number of alkyl halides is 2. The molecule has 0 unspecified atom stereocenters. The van der Waals surface area contributed by atoms with Crippen molar-refractivity contribution < 1.29 is 14.4 Å². The summed E-state index contributed by atoms with van der Waals surface area (Å²) >= 11 is 17.3. The van der Waals surface area contributed by atoms with Crippen molar-refractivity contribution in [2.75, 3.05) is 11.8 Å². The van der Waals surface area contributed by atoms with E-state index in [9.17, 15) is 9.59 Å². The molecule has 0 aliphatic carbocycles. The smallest absolute Gasteiger partial charge is 0.336 e. The summed E-state index contributed by atoms with van der Waals surface area (Å²) in [6.07, 6.45) is 0. The molecule has 0 radical (unpaired) electrons. The monoisotopic (exact) mass is 351 g/mol. The van der Waals surface area contributed by atoms with Crippen LogP contribution < -0.4 is 0 Å². The van der Waals surface area contributed by atoms with Crippen molar-refractivity contribution in [3.05, 3.63) is 34.9 Å². The molecule has 0 bridgehead atoms. The van der Waals surface area contributed by atoms with Crippen LogP contribution in [0.3, 0.4) is 0 Å². The highest BCUT2D eigenvalue weighted by Gasteiger charge is 2.34. The summed E-state index contributed by atoms with van der Waals surface area (Å²) in [5.41, 5.74) is -0.227. The summed E-state index contributed by atoms with van der Waals surface area (Å²) in [6.45, 7) is 3.36. The molecule has 0 saturated carbocycles. The minimum Gasteiger partial charge on any atom is -0.336 e. The van der Waals surface area contributed by atoms with Gasteiger partial charge >= 0.3 is 5.97 Å². The van der Waals surface area contributed by atoms with Crippen LogP contribution in [0.25, 0.3) is 0 Å². The van der Waals surface area contributed by atoms with Gasteiger partial charge in [0.25, 0.3) is 5.91 Å². The van der Waals surface area contributed by atoms with Gasteiger partial charge in [0.1, 0.15) is 5.88 Å². The molecule has 1 aromatic rings. The van der Waals surface area contributed by atoms with Crippen LogP contribution in [-0.2, 0) is 21.0 Å². The van der Waals surface area contributed by atoms with Crippen LogP contribution in [0, 0.1) is 5.41 Å². The highest BCUT2D eigenvalue weighted by molar-refractivity contribution is 6.31. The molecular formula is C14H16Cl3NO3. The highest BCUT2D eigenvalue weighted by Crippen LogP contribution is 2.24. The average molecular weight is 353 g/mol. The number of halogens is 3. The van der Waals surface area contributed by atoms with Gasteiger partial charge in [-0.15, -0.1) is 23.2 Å². The fraction of sp³-hybridized carbons (Fsp3) is 0.429. The summed E-state index contributed by atoms with van der Waals surface area (Å²) in [4.78, 5) is 28.8. The Labute approximate surface area is 138 Å². The lowest BCUT2D eigenvalue weighted by molar-refractivity contribution is -0.203. The lowest BCUT2D eigenvalue weighted by Gasteiger charge is -2.29. The van der Waals surface area contributed by atoms with E-state index >= 15 is 0 Å². The van der Waals surface area contributed by atoms with Gasteiger partial charge in [0, 0.05) is 10.9 Å². The van der Waals surface area contributed by atoms with Crippen molar-refractivity contribution >= 4 is 46.7 Å². The third-order valence-electron chi connectivity index (χ3n) is 2.73. The largest absolute Gasteiger partial charge is 0.347 e. The molecule has 7 heteroatoms. The zero-order valence-electron chi connectivity index (χ0n) is 11.7. The van der Waals surface area contributed by atoms with Crippen LogP contribution in [0.2, 0.25) is 5.02 Å². The molecule has 0 aliphatic heterocycles. The first-order chi connectivity index (χ1) is 9.81. The van der Waals surface area contributed by atoms with Crippen molar-refractivity contribution in [1.82, 2.24) is 5.06 Å². The van der Waals surface area contributed by atoms with Gasteiger partial charge in [-0.05, 0) is 25.5 Å². The maximum absolute atomic E-state index is 12.4. The number of nitrogens with zero attached hydrogens (tertiary/aromatic N) is 1. The summed E-state index contributed by atoms with van der Waals surface area (Å²) in [5.74, 6) is -1.41. The first-order valence-corrected chi connectivity index (χ1v) is 7.64. The van der Waals surface area contributed by atoms with E-state index in [-0.39, 0.29) is 18.3 Å². The highest BCUT2D eigenvalue weighted by atomic mass is 35.5. The van der Waals surface area contributed by atoms with Gasteiger partial charge in [0.2, 0.25) is 0 Å². The van der Waals surface area contributed by atoms with E-state index in [1.54, 1.807) is 38.1 Å². The first-order valence-electron chi connectivity index (χ1n) is 6.20. The average Bonchev–Trinajstić information content (AvgIpc) is 2.47. The molecule has 21 heavy (non-hydrogen) atoms. The zero-order chi connectivity index (χ0) is 16.0. The van der Waals surface area contributed by atoms with Crippen molar-refractivity contribution in [2.24, 2.45) is 5.41 Å². The van der Waals surface area contributed by atoms with E-state index in [1.165, 1.54) is 0 Å². The number of hydrogen-bond donors (Lipinski definition) is 0. The maximum Gasteiger partial charge on any atom is 0.347 e. The Bertz CT molecular complexity index is 520. The second-order valence-corrected chi connectivity index (χ2v) is 5.99. The maximum atomic E-state index is 12.4. The third kappa shape index (κ3) is 5.06. The molecule has 1 amide bonds. The number of carbonyl (C=O) groups excluding carboxylic acids is 2. The molecule has 0 atom stereocenters. The Morgan fingerprint density at radius 2 is 1.86 bits per heavy atom. The third-order valence-corrected chi connectivity index (χ3v) is 3.99. The van der Waals surface area contributed by atoms with Crippen LogP contribution in [-0.4, -0.2) is 28.7 Å². The molecule has 0 aromatic heterocycles. The van der Waals surface area contributed by atoms with Gasteiger partial charge < -0.3 is 4.84 Å². The van der Waals surface area contributed by atoms with Gasteiger partial charge in [-0.25, -0.2) is 4.79 Å². The Morgan fingerprint density at radius 3 is 2.38 bits per heavy atom. The number of carbonyl (C=O) groups is 2. The van der Waals surface area contributed by atoms with Crippen LogP contribution in [0.4, 0.5) is 0 Å². The summed E-state index contributed by atoms with van der Waals surface area (Å²) in [7, 11) is 0. The summed E-state index contributed by atoms with van der Waals surface area (Å²) in [5, 5.41) is 1.43. The number of hydroxylamine groups is 2. The topological polar surface area (TPSA) is 46.6 Å². The first kappa shape index (κ1) is 18.1. The Kier molecular flexibility index (Phi) is 6.78. The van der Waals surface area contributed by atoms with E-state index in [0.717, 1.165) is 5.06 Å². The van der Waals surface area contributed by atoms with Crippen LogP contribution in [0.1, 0.15) is 19.4 Å². The van der Waals surface area contributed by atoms with E-state index in [2.05, 4.69) is 0 Å². The lowest BCUT2D eigenvalue weighted by Crippen LogP contribution is -2.43. The van der Waals surface area contributed by atoms with Crippen molar-refractivity contribution in [2.45, 2.75) is 20.4 Å². The molecule has 1 aromatic carbocycles. The number of hydrogen-bond acceptors (Lipinski definition) is 3. The van der Waals surface area contributed by atoms with Gasteiger partial charge in [0.05, 0.1) is 12.0 Å². The molecule has 1 rings (SSSR count). The van der Waals surface area contributed by atoms with Crippen LogP contribution in [0.5, 0.6) is 0 Å². The van der Waals surface area contributed by atoms with Gasteiger partial charge in [-0.3, -0.25) is 4.79 Å². The summed E-state index contributed by atoms with van der Waals surface area (Å²) < 4.78 is 0. The zero-order valence-corrected chi connectivity index (χ0v) is 14.0. The molecule has 116 valence electrons. The Balaban J connectivity index is 3.00. The van der Waals surface area contributed by atoms with E-state index in [0.29, 0.717) is 10.6 Å². The predicted octanol–water partition coefficient (Wildman–Crippen LogP) is 3.63. The molecule has 0 saturated heterocycles. The van der Waals surface area contributed by atoms with Crippen molar-refractivity contribution in [3.63, 3.8) is 0 Å². The molecule has 0 spiro atoms. The van der Waals surface area contributed by atoms with Gasteiger partial charge in [-0.2, -0.15) is 5.06 Å². The molecule has 0 aliphatic rings. The van der Waals surface area contributed by atoms with E-state index in [1.807, 2.05) is 0 Å². The SMILES string of the molecule is CC(C)(CCl)C(=O)N(Cc1ccccc1Cl)OC(=O)CCl.